The van der Waals surface area contributed by atoms with Gasteiger partial charge in [-0.15, -0.1) is 0 Å². The Morgan fingerprint density at radius 2 is 1.67 bits per heavy atom. The first-order valence-corrected chi connectivity index (χ1v) is 11.9. The molecule has 1 saturated heterocycles. The predicted octanol–water partition coefficient (Wildman–Crippen LogP) is 6.83. The predicted molar refractivity (Wildman–Crippen MR) is 135 cm³/mol. The minimum Gasteiger partial charge on any atom is -0.453 e. The molecular weight excluding hydrogens is 430 g/mol. The summed E-state index contributed by atoms with van der Waals surface area (Å²) in [4.78, 5) is 15.1. The van der Waals surface area contributed by atoms with E-state index in [1.165, 1.54) is 17.2 Å². The summed E-state index contributed by atoms with van der Waals surface area (Å²) < 4.78 is 5.93. The fourth-order valence-corrected chi connectivity index (χ4v) is 4.44. The number of likely N-dealkylation sites (tertiary alicyclic amines) is 1. The molecule has 3 aromatic rings. The monoisotopic (exact) mass is 459 g/mol. The highest BCUT2D eigenvalue weighted by Gasteiger charge is 2.25. The molecule has 4 rings (SSSR count). The molecule has 1 fully saturated rings. The van der Waals surface area contributed by atoms with Crippen LogP contribution in [-0.4, -0.2) is 30.5 Å². The van der Waals surface area contributed by atoms with Crippen LogP contribution in [-0.2, 0) is 9.53 Å². The fraction of sp³-hybridized carbons (Fsp3) is 0.276. The number of halogens is 1. The Labute approximate surface area is 201 Å². The molecule has 0 aromatic heterocycles. The molecule has 3 aromatic carbocycles. The molecule has 33 heavy (non-hydrogen) atoms. The molecule has 1 heterocycles. The third-order valence-electron chi connectivity index (χ3n) is 6.27. The van der Waals surface area contributed by atoms with Crippen molar-refractivity contribution in [2.24, 2.45) is 0 Å². The number of benzene rings is 3. The number of piperidine rings is 1. The van der Waals surface area contributed by atoms with E-state index in [4.69, 9.17) is 16.3 Å². The van der Waals surface area contributed by atoms with Crippen molar-refractivity contribution in [2.45, 2.75) is 31.8 Å². The van der Waals surface area contributed by atoms with Gasteiger partial charge in [0.05, 0.1) is 0 Å². The van der Waals surface area contributed by atoms with E-state index in [0.717, 1.165) is 37.1 Å². The van der Waals surface area contributed by atoms with Crippen molar-refractivity contribution < 1.29 is 9.53 Å². The maximum atomic E-state index is 12.7. The SMILES string of the molecule is Cc1ccc(/C=C/C(=O)OC(CN2CCC(c3ccccc3)CC2)c2ccc(Cl)cc2)cc1. The van der Waals surface area contributed by atoms with Crippen molar-refractivity contribution in [3.63, 3.8) is 0 Å². The lowest BCUT2D eigenvalue weighted by molar-refractivity contribution is -0.144. The molecule has 0 radical (unpaired) electrons. The van der Waals surface area contributed by atoms with Crippen LogP contribution in [0.15, 0.2) is 84.9 Å². The molecule has 0 aliphatic carbocycles. The second-order valence-corrected chi connectivity index (χ2v) is 9.14. The van der Waals surface area contributed by atoms with Crippen LogP contribution in [0.5, 0.6) is 0 Å². The highest BCUT2D eigenvalue weighted by atomic mass is 35.5. The van der Waals surface area contributed by atoms with Gasteiger partial charge in [0.25, 0.3) is 0 Å². The Bertz CT molecular complexity index is 1050. The zero-order valence-electron chi connectivity index (χ0n) is 19.0. The van der Waals surface area contributed by atoms with Gasteiger partial charge in [0.1, 0.15) is 6.10 Å². The summed E-state index contributed by atoms with van der Waals surface area (Å²) in [5.74, 6) is 0.256. The number of carbonyl (C=O) groups excluding carboxylic acids is 1. The van der Waals surface area contributed by atoms with Crippen LogP contribution in [0.25, 0.3) is 6.08 Å². The maximum Gasteiger partial charge on any atom is 0.331 e. The van der Waals surface area contributed by atoms with E-state index in [-0.39, 0.29) is 12.1 Å². The molecule has 1 aliphatic heterocycles. The summed E-state index contributed by atoms with van der Waals surface area (Å²) in [5, 5.41) is 0.673. The van der Waals surface area contributed by atoms with Crippen molar-refractivity contribution in [1.29, 1.82) is 0 Å². The van der Waals surface area contributed by atoms with E-state index in [1.807, 2.05) is 55.5 Å². The zero-order chi connectivity index (χ0) is 23.0. The first-order chi connectivity index (χ1) is 16.1. The van der Waals surface area contributed by atoms with Crippen LogP contribution in [0.4, 0.5) is 0 Å². The van der Waals surface area contributed by atoms with Crippen molar-refractivity contribution >= 4 is 23.6 Å². The number of ether oxygens (including phenoxy) is 1. The number of aryl methyl sites for hydroxylation is 1. The fourth-order valence-electron chi connectivity index (χ4n) is 4.32. The minimum absolute atomic E-state index is 0.338. The quantitative estimate of drug-likeness (QED) is 0.286. The molecule has 1 aliphatic rings. The Balaban J connectivity index is 1.40. The van der Waals surface area contributed by atoms with E-state index in [0.29, 0.717) is 17.5 Å². The zero-order valence-corrected chi connectivity index (χ0v) is 19.7. The number of hydrogen-bond acceptors (Lipinski definition) is 3. The van der Waals surface area contributed by atoms with E-state index >= 15 is 0 Å². The summed E-state index contributed by atoms with van der Waals surface area (Å²) in [7, 11) is 0. The third kappa shape index (κ3) is 6.80. The number of rotatable bonds is 7. The van der Waals surface area contributed by atoms with Crippen LogP contribution >= 0.6 is 11.6 Å². The Hall–Kier alpha value is -2.88. The van der Waals surface area contributed by atoms with Crippen LogP contribution in [0.1, 0.15) is 47.1 Å². The van der Waals surface area contributed by atoms with Gasteiger partial charge in [-0.25, -0.2) is 4.79 Å². The largest absolute Gasteiger partial charge is 0.453 e. The summed E-state index contributed by atoms with van der Waals surface area (Å²) in [6.45, 7) is 4.69. The Morgan fingerprint density at radius 1 is 1.00 bits per heavy atom. The number of esters is 1. The average molecular weight is 460 g/mol. The van der Waals surface area contributed by atoms with Gasteiger partial charge in [-0.05, 0) is 73.7 Å². The molecule has 1 unspecified atom stereocenters. The van der Waals surface area contributed by atoms with E-state index in [9.17, 15) is 4.79 Å². The van der Waals surface area contributed by atoms with E-state index in [1.54, 1.807) is 6.08 Å². The molecule has 1 atom stereocenters. The van der Waals surface area contributed by atoms with Crippen molar-refractivity contribution in [2.75, 3.05) is 19.6 Å². The summed E-state index contributed by atoms with van der Waals surface area (Å²) in [6, 6.07) is 26.4. The molecule has 0 amide bonds. The Kier molecular flexibility index (Phi) is 7.98. The molecule has 0 N–H and O–H groups in total. The van der Waals surface area contributed by atoms with Crippen molar-refractivity contribution in [3.05, 3.63) is 112 Å². The van der Waals surface area contributed by atoms with Gasteiger partial charge in [0.15, 0.2) is 0 Å². The van der Waals surface area contributed by atoms with Gasteiger partial charge < -0.3 is 4.74 Å². The first kappa shape index (κ1) is 23.3. The maximum absolute atomic E-state index is 12.7. The summed E-state index contributed by atoms with van der Waals surface area (Å²) in [5.41, 5.74) is 4.54. The van der Waals surface area contributed by atoms with Gasteiger partial charge in [0.2, 0.25) is 0 Å². The lowest BCUT2D eigenvalue weighted by Crippen LogP contribution is -2.37. The minimum atomic E-state index is -0.342. The Morgan fingerprint density at radius 3 is 2.33 bits per heavy atom. The first-order valence-electron chi connectivity index (χ1n) is 11.5. The van der Waals surface area contributed by atoms with Crippen LogP contribution in [0.2, 0.25) is 5.02 Å². The number of nitrogens with zero attached hydrogens (tertiary/aromatic N) is 1. The second-order valence-electron chi connectivity index (χ2n) is 8.71. The van der Waals surface area contributed by atoms with Crippen LogP contribution in [0, 0.1) is 6.92 Å². The number of hydrogen-bond donors (Lipinski definition) is 0. The molecule has 0 saturated carbocycles. The second kappa shape index (κ2) is 11.3. The lowest BCUT2D eigenvalue weighted by Gasteiger charge is -2.34. The van der Waals surface area contributed by atoms with Gasteiger partial charge in [-0.1, -0.05) is 83.9 Å². The average Bonchev–Trinajstić information content (AvgIpc) is 2.85. The molecular formula is C29H30ClNO2. The highest BCUT2D eigenvalue weighted by Crippen LogP contribution is 2.30. The third-order valence-corrected chi connectivity index (χ3v) is 6.52. The summed E-state index contributed by atoms with van der Waals surface area (Å²) >= 11 is 6.09. The molecule has 170 valence electrons. The normalized spacial score (nSPS) is 16.1. The van der Waals surface area contributed by atoms with Gasteiger partial charge >= 0.3 is 5.97 Å². The van der Waals surface area contributed by atoms with E-state index < -0.39 is 0 Å². The van der Waals surface area contributed by atoms with Gasteiger partial charge in [-0.3, -0.25) is 4.90 Å². The summed E-state index contributed by atoms with van der Waals surface area (Å²) in [6.07, 6.45) is 5.18. The van der Waals surface area contributed by atoms with Crippen LogP contribution in [0.3, 0.4) is 0 Å². The van der Waals surface area contributed by atoms with E-state index in [2.05, 4.69) is 35.2 Å². The molecule has 0 bridgehead atoms. The molecule has 0 spiro atoms. The lowest BCUT2D eigenvalue weighted by atomic mass is 9.89. The topological polar surface area (TPSA) is 29.5 Å². The van der Waals surface area contributed by atoms with Crippen molar-refractivity contribution in [1.82, 2.24) is 4.90 Å². The standard InChI is InChI=1S/C29H30ClNO2/c1-22-7-9-23(10-8-22)11-16-29(32)33-28(26-12-14-27(30)15-13-26)21-31-19-17-25(18-20-31)24-5-3-2-4-6-24/h2-16,25,28H,17-21H2,1H3/b16-11+. The van der Waals surface area contributed by atoms with Gasteiger partial charge in [0, 0.05) is 17.6 Å². The van der Waals surface area contributed by atoms with Crippen LogP contribution < -0.4 is 0 Å². The number of carbonyl (C=O) groups is 1. The highest BCUT2D eigenvalue weighted by molar-refractivity contribution is 6.30. The van der Waals surface area contributed by atoms with Gasteiger partial charge in [-0.2, -0.15) is 0 Å². The molecule has 3 nitrogen and oxygen atoms in total. The van der Waals surface area contributed by atoms with Crippen molar-refractivity contribution in [3.8, 4) is 0 Å². The smallest absolute Gasteiger partial charge is 0.331 e. The molecule has 4 heteroatoms.